The Morgan fingerprint density at radius 2 is 1.76 bits per heavy atom. The van der Waals surface area contributed by atoms with Crippen LogP contribution in [0.2, 0.25) is 0 Å². The van der Waals surface area contributed by atoms with Crippen LogP contribution in [0.1, 0.15) is 55.5 Å². The molecule has 0 bridgehead atoms. The molecule has 0 fully saturated rings. The predicted molar refractivity (Wildman–Crippen MR) is 119 cm³/mol. The summed E-state index contributed by atoms with van der Waals surface area (Å²) >= 11 is 3.43. The lowest BCUT2D eigenvalue weighted by Crippen LogP contribution is -2.20. The van der Waals surface area contributed by atoms with E-state index in [-0.39, 0.29) is 18.5 Å². The second-order valence-corrected chi connectivity index (χ2v) is 7.63. The maximum absolute atomic E-state index is 12.2. The molecule has 0 aliphatic carbocycles. The molecular formula is C23H28BrNO4. The molecule has 2 aromatic rings. The Hall–Kier alpha value is -2.34. The molecule has 0 radical (unpaired) electrons. The van der Waals surface area contributed by atoms with Crippen molar-refractivity contribution in [3.63, 3.8) is 0 Å². The average Bonchev–Trinajstić information content (AvgIpc) is 2.73. The molecule has 0 unspecified atom stereocenters. The number of halogens is 1. The van der Waals surface area contributed by atoms with Crippen molar-refractivity contribution in [1.29, 1.82) is 0 Å². The van der Waals surface area contributed by atoms with Gasteiger partial charge in [0.25, 0.3) is 5.91 Å². The van der Waals surface area contributed by atoms with Crippen LogP contribution in [0.4, 0.5) is 5.69 Å². The summed E-state index contributed by atoms with van der Waals surface area (Å²) in [5.41, 5.74) is 2.10. The number of hydrogen-bond donors (Lipinski definition) is 1. The molecule has 0 aromatic heterocycles. The van der Waals surface area contributed by atoms with E-state index in [1.807, 2.05) is 25.1 Å². The van der Waals surface area contributed by atoms with Crippen LogP contribution in [0.15, 0.2) is 46.9 Å². The van der Waals surface area contributed by atoms with Crippen LogP contribution in [0.5, 0.6) is 5.75 Å². The number of hydrogen-bond acceptors (Lipinski definition) is 4. The molecule has 2 rings (SSSR count). The molecule has 6 heteroatoms. The van der Waals surface area contributed by atoms with E-state index in [1.165, 1.54) is 0 Å². The van der Waals surface area contributed by atoms with Gasteiger partial charge in [-0.2, -0.15) is 0 Å². The fraction of sp³-hybridized carbons (Fsp3) is 0.391. The fourth-order valence-electron chi connectivity index (χ4n) is 2.77. The Bertz CT molecular complexity index is 805. The van der Waals surface area contributed by atoms with Crippen LogP contribution in [-0.2, 0) is 16.0 Å². The van der Waals surface area contributed by atoms with Gasteiger partial charge in [-0.15, -0.1) is 0 Å². The smallest absolute Gasteiger partial charge is 0.338 e. The van der Waals surface area contributed by atoms with Crippen LogP contribution in [-0.4, -0.2) is 25.1 Å². The van der Waals surface area contributed by atoms with E-state index < -0.39 is 0 Å². The summed E-state index contributed by atoms with van der Waals surface area (Å²) in [6.07, 6.45) is 5.06. The number of amides is 1. The van der Waals surface area contributed by atoms with Crippen LogP contribution < -0.4 is 10.1 Å². The molecule has 2 aromatic carbocycles. The number of aryl methyl sites for hydroxylation is 1. The van der Waals surface area contributed by atoms with E-state index in [2.05, 4.69) is 28.2 Å². The number of rotatable bonds is 11. The third kappa shape index (κ3) is 7.89. The normalized spacial score (nSPS) is 10.4. The number of anilines is 1. The molecule has 0 aliphatic heterocycles. The van der Waals surface area contributed by atoms with E-state index in [4.69, 9.17) is 9.47 Å². The van der Waals surface area contributed by atoms with Gasteiger partial charge < -0.3 is 14.8 Å². The monoisotopic (exact) mass is 461 g/mol. The van der Waals surface area contributed by atoms with Gasteiger partial charge in [0.05, 0.1) is 12.2 Å². The largest absolute Gasteiger partial charge is 0.483 e. The summed E-state index contributed by atoms with van der Waals surface area (Å²) < 4.78 is 11.9. The van der Waals surface area contributed by atoms with Crippen molar-refractivity contribution in [1.82, 2.24) is 0 Å². The number of unbranched alkanes of at least 4 members (excludes halogenated alkanes) is 3. The molecule has 29 heavy (non-hydrogen) atoms. The number of benzene rings is 2. The first-order valence-corrected chi connectivity index (χ1v) is 10.8. The highest BCUT2D eigenvalue weighted by molar-refractivity contribution is 9.10. The highest BCUT2D eigenvalue weighted by Gasteiger charge is 2.10. The van der Waals surface area contributed by atoms with Gasteiger partial charge in [-0.25, -0.2) is 4.79 Å². The summed E-state index contributed by atoms with van der Waals surface area (Å²) in [5.74, 6) is 0.0918. The molecule has 0 aliphatic rings. The first-order valence-electron chi connectivity index (χ1n) is 10.0. The molecule has 0 atom stereocenters. The predicted octanol–water partition coefficient (Wildman–Crippen LogP) is 5.77. The van der Waals surface area contributed by atoms with Crippen molar-refractivity contribution in [2.75, 3.05) is 18.5 Å². The zero-order valence-electron chi connectivity index (χ0n) is 17.0. The highest BCUT2D eigenvalue weighted by atomic mass is 79.9. The van der Waals surface area contributed by atoms with E-state index >= 15 is 0 Å². The molecule has 0 saturated carbocycles. The number of carbonyl (C=O) groups excluding carboxylic acids is 2. The minimum atomic E-state index is -0.343. The van der Waals surface area contributed by atoms with Crippen LogP contribution in [0.3, 0.4) is 0 Å². The number of ether oxygens (including phenoxy) is 2. The van der Waals surface area contributed by atoms with Gasteiger partial charge >= 0.3 is 5.97 Å². The molecule has 1 amide bonds. The SMILES string of the molecule is CCCCCCOC(=O)c1ccc(NC(=O)COc2ccc(Br)cc2CC)cc1. The van der Waals surface area contributed by atoms with Gasteiger partial charge in [0.1, 0.15) is 5.75 Å². The molecule has 5 nitrogen and oxygen atoms in total. The second kappa shape index (κ2) is 12.3. The van der Waals surface area contributed by atoms with Gasteiger partial charge in [0.15, 0.2) is 6.61 Å². The Morgan fingerprint density at radius 3 is 2.45 bits per heavy atom. The molecular weight excluding hydrogens is 434 g/mol. The third-order valence-corrected chi connectivity index (χ3v) is 4.89. The van der Waals surface area contributed by atoms with Crippen LogP contribution in [0, 0.1) is 0 Å². The maximum Gasteiger partial charge on any atom is 0.338 e. The molecule has 0 spiro atoms. The Labute approximate surface area is 180 Å². The molecule has 1 N–H and O–H groups in total. The van der Waals surface area contributed by atoms with Crippen LogP contribution in [0.25, 0.3) is 0 Å². The van der Waals surface area contributed by atoms with Crippen molar-refractivity contribution in [3.05, 3.63) is 58.1 Å². The van der Waals surface area contributed by atoms with E-state index in [0.29, 0.717) is 23.6 Å². The summed E-state index contributed by atoms with van der Waals surface area (Å²) in [6, 6.07) is 12.4. The van der Waals surface area contributed by atoms with Gasteiger partial charge in [0.2, 0.25) is 0 Å². The summed E-state index contributed by atoms with van der Waals surface area (Å²) in [6.45, 7) is 4.52. The van der Waals surface area contributed by atoms with E-state index in [1.54, 1.807) is 24.3 Å². The fourth-order valence-corrected chi connectivity index (χ4v) is 3.18. The van der Waals surface area contributed by atoms with Gasteiger partial charge in [-0.3, -0.25) is 4.79 Å². The Morgan fingerprint density at radius 1 is 1.00 bits per heavy atom. The van der Waals surface area contributed by atoms with E-state index in [0.717, 1.165) is 42.1 Å². The summed E-state index contributed by atoms with van der Waals surface area (Å²) in [7, 11) is 0. The van der Waals surface area contributed by atoms with Crippen molar-refractivity contribution in [2.45, 2.75) is 46.0 Å². The first kappa shape index (κ1) is 22.9. The Kier molecular flexibility index (Phi) is 9.71. The minimum Gasteiger partial charge on any atom is -0.483 e. The average molecular weight is 462 g/mol. The molecule has 0 saturated heterocycles. The van der Waals surface area contributed by atoms with Crippen LogP contribution >= 0.6 is 15.9 Å². The summed E-state index contributed by atoms with van der Waals surface area (Å²) in [5, 5.41) is 2.77. The van der Waals surface area contributed by atoms with Crippen molar-refractivity contribution < 1.29 is 19.1 Å². The first-order chi connectivity index (χ1) is 14.0. The zero-order valence-corrected chi connectivity index (χ0v) is 18.6. The standard InChI is InChI=1S/C23H28BrNO4/c1-3-5-6-7-14-28-23(27)18-8-11-20(12-9-18)25-22(26)16-29-21-13-10-19(24)15-17(21)4-2/h8-13,15H,3-7,14,16H2,1-2H3,(H,25,26). The third-order valence-electron chi connectivity index (χ3n) is 4.40. The topological polar surface area (TPSA) is 64.6 Å². The maximum atomic E-state index is 12.2. The number of nitrogens with one attached hydrogen (secondary N) is 1. The minimum absolute atomic E-state index is 0.0871. The van der Waals surface area contributed by atoms with Crippen molar-refractivity contribution in [2.24, 2.45) is 0 Å². The summed E-state index contributed by atoms with van der Waals surface area (Å²) in [4.78, 5) is 24.2. The number of carbonyl (C=O) groups is 2. The quantitative estimate of drug-likeness (QED) is 0.340. The second-order valence-electron chi connectivity index (χ2n) is 6.72. The zero-order chi connectivity index (χ0) is 21.1. The van der Waals surface area contributed by atoms with Gasteiger partial charge in [-0.05, 0) is 60.9 Å². The van der Waals surface area contributed by atoms with Crippen molar-refractivity contribution in [3.8, 4) is 5.75 Å². The lowest BCUT2D eigenvalue weighted by atomic mass is 10.1. The Balaban J connectivity index is 1.80. The van der Waals surface area contributed by atoms with Gasteiger partial charge in [-0.1, -0.05) is 49.0 Å². The molecule has 0 heterocycles. The van der Waals surface area contributed by atoms with Gasteiger partial charge in [0, 0.05) is 10.2 Å². The molecule has 156 valence electrons. The van der Waals surface area contributed by atoms with E-state index in [9.17, 15) is 9.59 Å². The number of esters is 1. The lowest BCUT2D eigenvalue weighted by molar-refractivity contribution is -0.118. The highest BCUT2D eigenvalue weighted by Crippen LogP contribution is 2.23. The lowest BCUT2D eigenvalue weighted by Gasteiger charge is -2.11. The van der Waals surface area contributed by atoms with Crippen molar-refractivity contribution >= 4 is 33.5 Å².